The Labute approximate surface area is 569 Å². The highest BCUT2D eigenvalue weighted by Crippen LogP contribution is 2.15. The van der Waals surface area contributed by atoms with Crippen LogP contribution >= 0.6 is 0 Å². The predicted molar refractivity (Wildman–Crippen MR) is 397 cm³/mol. The summed E-state index contributed by atoms with van der Waals surface area (Å²) >= 11 is 0. The topological polar surface area (TPSA) is 111 Å². The van der Waals surface area contributed by atoms with Crippen LogP contribution < -0.4 is 5.11 Å². The third-order valence-electron chi connectivity index (χ3n) is 14.5. The summed E-state index contributed by atoms with van der Waals surface area (Å²) in [7, 11) is 5.90. The number of ether oxygens (including phenoxy) is 4. The fourth-order valence-corrected chi connectivity index (χ4v) is 9.07. The van der Waals surface area contributed by atoms with Crippen molar-refractivity contribution >= 4 is 17.9 Å². The Morgan fingerprint density at radius 1 is 0.323 bits per heavy atom. The molecule has 0 saturated carbocycles. The summed E-state index contributed by atoms with van der Waals surface area (Å²) in [6.45, 7) is 4.46. The maximum Gasteiger partial charge on any atom is 0.306 e. The Morgan fingerprint density at radius 2 is 0.581 bits per heavy atom. The monoisotopic (exact) mass is 1280 g/mol. The number of aliphatic carboxylic acids is 1. The molecular weight excluding hydrogens is 1150 g/mol. The molecule has 2 atom stereocenters. The number of esters is 2. The van der Waals surface area contributed by atoms with Gasteiger partial charge in [-0.3, -0.25) is 9.59 Å². The van der Waals surface area contributed by atoms with Crippen LogP contribution in [0.25, 0.3) is 0 Å². The van der Waals surface area contributed by atoms with E-state index in [-0.39, 0.29) is 38.6 Å². The van der Waals surface area contributed by atoms with Gasteiger partial charge in [0.25, 0.3) is 0 Å². The predicted octanol–water partition coefficient (Wildman–Crippen LogP) is 21.8. The van der Waals surface area contributed by atoms with Crippen molar-refractivity contribution < 1.29 is 42.9 Å². The molecule has 0 aromatic heterocycles. The number of unbranched alkanes of at least 4 members (excludes halogenated alkanes) is 15. The normalized spacial score (nSPS) is 13.9. The fourth-order valence-electron chi connectivity index (χ4n) is 9.07. The molecule has 0 bridgehead atoms. The maximum absolute atomic E-state index is 12.9. The molecule has 0 aliphatic heterocycles. The zero-order valence-electron chi connectivity index (χ0n) is 59.3. The SMILES string of the molecule is CC/C=C\C/C=C\C/C=C\C/C=C\C/C=C\C/C=C\C/C=C\C/C=C\C/C=C\C/C=C\C/C=C\C/C=C\CCCCCCC(=O)OC(COC(=O)CCCCCCCCCCCCC/C=C\C/C=C\C/C=C\C/C=C\C/C=C\CC)COC(OCC[N+](C)(C)C)C(=O)[O-]. The molecule has 0 heterocycles. The second-order valence-corrected chi connectivity index (χ2v) is 24.4. The van der Waals surface area contributed by atoms with E-state index < -0.39 is 24.3 Å². The van der Waals surface area contributed by atoms with Crippen molar-refractivity contribution in [3.63, 3.8) is 0 Å². The van der Waals surface area contributed by atoms with E-state index in [9.17, 15) is 19.5 Å². The first kappa shape index (κ1) is 86.9. The van der Waals surface area contributed by atoms with Crippen LogP contribution in [0.4, 0.5) is 0 Å². The minimum Gasteiger partial charge on any atom is -0.545 e. The number of hydrogen-bond donors (Lipinski definition) is 0. The average Bonchev–Trinajstić information content (AvgIpc) is 3.38. The smallest absolute Gasteiger partial charge is 0.306 e. The molecule has 9 heteroatoms. The van der Waals surface area contributed by atoms with Crippen LogP contribution in [0.5, 0.6) is 0 Å². The number of carboxylic acids is 1. The van der Waals surface area contributed by atoms with Crippen LogP contribution in [-0.4, -0.2) is 82.3 Å². The Balaban J connectivity index is 4.25. The van der Waals surface area contributed by atoms with Gasteiger partial charge < -0.3 is 33.3 Å². The summed E-state index contributed by atoms with van der Waals surface area (Å²) in [5, 5.41) is 11.8. The third-order valence-corrected chi connectivity index (χ3v) is 14.5. The Hall–Kier alpha value is -6.13. The lowest BCUT2D eigenvalue weighted by Crippen LogP contribution is -2.44. The maximum atomic E-state index is 12.9. The van der Waals surface area contributed by atoms with Gasteiger partial charge in [-0.25, -0.2) is 0 Å². The van der Waals surface area contributed by atoms with Crippen LogP contribution in [-0.2, 0) is 33.3 Å². The average molecular weight is 1280 g/mol. The minimum atomic E-state index is -1.64. The van der Waals surface area contributed by atoms with E-state index in [2.05, 4.69) is 220 Å². The van der Waals surface area contributed by atoms with E-state index in [1.807, 2.05) is 21.1 Å². The molecule has 9 nitrogen and oxygen atoms in total. The number of nitrogens with zero attached hydrogens (tertiary/aromatic N) is 1. The van der Waals surface area contributed by atoms with E-state index in [1.54, 1.807) is 0 Å². The van der Waals surface area contributed by atoms with Gasteiger partial charge >= 0.3 is 11.9 Å². The lowest BCUT2D eigenvalue weighted by Gasteiger charge is -2.26. The Bertz CT molecular complexity index is 2280. The number of likely N-dealkylation sites (N-methyl/N-ethyl adjacent to an activating group) is 1. The van der Waals surface area contributed by atoms with Gasteiger partial charge in [-0.2, -0.15) is 0 Å². The highest BCUT2D eigenvalue weighted by Gasteiger charge is 2.22. The molecule has 0 N–H and O–H groups in total. The van der Waals surface area contributed by atoms with Gasteiger partial charge in [0.15, 0.2) is 12.4 Å². The van der Waals surface area contributed by atoms with E-state index in [1.165, 1.54) is 44.9 Å². The van der Waals surface area contributed by atoms with Crippen molar-refractivity contribution in [1.29, 1.82) is 0 Å². The first-order chi connectivity index (χ1) is 45.6. The number of allylic oxidation sites excluding steroid dienone is 34. The quantitative estimate of drug-likeness (QED) is 0.0195. The second kappa shape index (κ2) is 71.7. The third kappa shape index (κ3) is 73.1. The number of hydrogen-bond acceptors (Lipinski definition) is 8. The number of carboxylic acid groups (broad SMARTS) is 1. The van der Waals surface area contributed by atoms with Gasteiger partial charge in [0.05, 0.1) is 40.3 Å². The van der Waals surface area contributed by atoms with E-state index in [0.29, 0.717) is 17.4 Å². The zero-order chi connectivity index (χ0) is 67.5. The van der Waals surface area contributed by atoms with Gasteiger partial charge in [0.2, 0.25) is 0 Å². The fraction of sp³-hybridized carbons (Fsp3) is 0.560. The molecule has 0 aromatic carbocycles. The lowest BCUT2D eigenvalue weighted by atomic mass is 10.0. The molecule has 0 amide bonds. The molecular formula is C84H131NO8. The summed E-state index contributed by atoms with van der Waals surface area (Å²) in [5.74, 6) is -2.34. The summed E-state index contributed by atoms with van der Waals surface area (Å²) < 4.78 is 22.7. The van der Waals surface area contributed by atoms with Crippen LogP contribution in [0.15, 0.2) is 207 Å². The summed E-state index contributed by atoms with van der Waals surface area (Å²) in [6.07, 6.45) is 109. The van der Waals surface area contributed by atoms with Crippen molar-refractivity contribution in [1.82, 2.24) is 0 Å². The van der Waals surface area contributed by atoms with Gasteiger partial charge in [-0.05, 0) is 148 Å². The molecule has 93 heavy (non-hydrogen) atoms. The Morgan fingerprint density at radius 3 is 0.860 bits per heavy atom. The number of carbonyl (C=O) groups excluding carboxylic acids is 3. The largest absolute Gasteiger partial charge is 0.545 e. The molecule has 0 spiro atoms. The number of rotatable bonds is 64. The minimum absolute atomic E-state index is 0.131. The zero-order valence-corrected chi connectivity index (χ0v) is 59.3. The van der Waals surface area contributed by atoms with Crippen molar-refractivity contribution in [2.45, 2.75) is 257 Å². The molecule has 2 unspecified atom stereocenters. The molecule has 0 radical (unpaired) electrons. The number of quaternary nitrogens is 1. The lowest BCUT2D eigenvalue weighted by molar-refractivity contribution is -0.870. The summed E-state index contributed by atoms with van der Waals surface area (Å²) in [4.78, 5) is 37.5. The van der Waals surface area contributed by atoms with E-state index in [0.717, 1.165) is 167 Å². The van der Waals surface area contributed by atoms with Crippen LogP contribution in [0.1, 0.15) is 245 Å². The van der Waals surface area contributed by atoms with Crippen molar-refractivity contribution in [2.75, 3.05) is 47.5 Å². The van der Waals surface area contributed by atoms with Gasteiger partial charge in [0, 0.05) is 12.8 Å². The molecule has 0 fully saturated rings. The molecule has 0 aliphatic carbocycles. The van der Waals surface area contributed by atoms with Crippen molar-refractivity contribution in [2.24, 2.45) is 0 Å². The summed E-state index contributed by atoms with van der Waals surface area (Å²) in [5.41, 5.74) is 0. The van der Waals surface area contributed by atoms with Crippen molar-refractivity contribution in [3.8, 4) is 0 Å². The number of carbonyl (C=O) groups is 3. The summed E-state index contributed by atoms with van der Waals surface area (Å²) in [6, 6.07) is 0. The standard InChI is InChI=1S/C84H131NO8/c1-6-8-10-12-14-16-18-20-22-24-26-28-30-32-34-35-36-37-38-39-40-41-42-43-44-45-46-47-49-51-53-55-57-59-61-63-65-67-69-71-73-75-82(87)93-80(79-92-84(83(88)89)90-77-76-85(3,4)5)78-91-81(86)74-72-70-68-66-64-62-60-58-56-54-52-50-48-33-31-29-27-25-23-21-19-17-15-13-11-9-7-2/h8-11,14-17,20-23,26-29,32-34,36-37,39-40,42-43,45-46,48-49,51,55,57,61,63,80,84H,6-7,12-13,18-19,24-25,30-31,35,38,41,44,47,50,52-54,56,58-60,62,64-79H2,1-5H3/b10-8-,11-9-,16-14-,17-15-,22-20-,23-21-,28-26-,29-27-,34-32-,37-36-,40-39-,43-42-,46-45-,48-33-,51-49-,57-55-,63-61-. The van der Waals surface area contributed by atoms with Crippen LogP contribution in [0.3, 0.4) is 0 Å². The van der Waals surface area contributed by atoms with Crippen molar-refractivity contribution in [3.05, 3.63) is 207 Å². The van der Waals surface area contributed by atoms with Crippen LogP contribution in [0, 0.1) is 0 Å². The van der Waals surface area contributed by atoms with Gasteiger partial charge in [-0.1, -0.05) is 291 Å². The van der Waals surface area contributed by atoms with Gasteiger partial charge in [0.1, 0.15) is 13.2 Å². The molecule has 0 rings (SSSR count). The molecule has 0 aliphatic rings. The van der Waals surface area contributed by atoms with Gasteiger partial charge in [-0.15, -0.1) is 0 Å². The van der Waals surface area contributed by atoms with E-state index in [4.69, 9.17) is 18.9 Å². The Kier molecular flexibility index (Phi) is 67.0. The highest BCUT2D eigenvalue weighted by atomic mass is 16.7. The first-order valence-corrected chi connectivity index (χ1v) is 36.2. The van der Waals surface area contributed by atoms with E-state index >= 15 is 0 Å². The second-order valence-electron chi connectivity index (χ2n) is 24.4. The molecule has 520 valence electrons. The first-order valence-electron chi connectivity index (χ1n) is 36.2. The van der Waals surface area contributed by atoms with Crippen LogP contribution in [0.2, 0.25) is 0 Å². The molecule has 0 aromatic rings. The highest BCUT2D eigenvalue weighted by molar-refractivity contribution is 5.70. The molecule has 0 saturated heterocycles.